The minimum atomic E-state index is -4.63. The SMILES string of the molecule is CCN(CC)CCN(C)Cc1ccc(C(=O)Nc2ccc(Br)cc2C(=O)N/N=C/c2ccc(Cl)c(C(F)(F)F)c2)cc1. The fraction of sp³-hybridized carbons (Fsp3) is 0.300. The predicted molar refractivity (Wildman–Crippen MR) is 164 cm³/mol. The molecule has 0 saturated carbocycles. The molecule has 7 nitrogen and oxygen atoms in total. The molecule has 42 heavy (non-hydrogen) atoms. The van der Waals surface area contributed by atoms with E-state index in [9.17, 15) is 22.8 Å². The number of alkyl halides is 3. The van der Waals surface area contributed by atoms with Crippen molar-refractivity contribution >= 4 is 51.2 Å². The standard InChI is InChI=1S/C30H32BrClF3N5O2/c1-4-40(5-2)15-14-39(3)19-20-6-9-22(10-7-20)28(41)37-27-13-11-23(31)17-24(27)29(42)38-36-18-21-8-12-26(32)25(16-21)30(33,34)35/h6-13,16-18H,4-5,14-15,19H2,1-3H3,(H,37,41)(H,38,42)/b36-18+. The number of benzene rings is 3. The number of hydrazone groups is 1. The van der Waals surface area contributed by atoms with Gasteiger partial charge in [0.2, 0.25) is 0 Å². The molecule has 0 aliphatic rings. The summed E-state index contributed by atoms with van der Waals surface area (Å²) in [5.74, 6) is -1.08. The van der Waals surface area contributed by atoms with E-state index in [2.05, 4.69) is 62.5 Å². The van der Waals surface area contributed by atoms with Crippen LogP contribution in [0.4, 0.5) is 18.9 Å². The largest absolute Gasteiger partial charge is 0.417 e. The molecule has 0 unspecified atom stereocenters. The molecule has 0 aromatic heterocycles. The molecule has 2 N–H and O–H groups in total. The van der Waals surface area contributed by atoms with Gasteiger partial charge < -0.3 is 15.1 Å². The van der Waals surface area contributed by atoms with E-state index < -0.39 is 28.6 Å². The third-order valence-electron chi connectivity index (χ3n) is 6.51. The van der Waals surface area contributed by atoms with Crippen LogP contribution in [0.3, 0.4) is 0 Å². The first-order chi connectivity index (χ1) is 19.9. The van der Waals surface area contributed by atoms with Crippen molar-refractivity contribution in [1.82, 2.24) is 15.2 Å². The summed E-state index contributed by atoms with van der Waals surface area (Å²) in [6, 6.07) is 15.3. The number of nitrogens with one attached hydrogen (secondary N) is 2. The Labute approximate surface area is 256 Å². The Hall–Kier alpha value is -3.25. The molecule has 12 heteroatoms. The van der Waals surface area contributed by atoms with E-state index in [0.29, 0.717) is 10.0 Å². The summed E-state index contributed by atoms with van der Waals surface area (Å²) < 4.78 is 39.9. The van der Waals surface area contributed by atoms with Crippen LogP contribution in [0.1, 0.15) is 51.3 Å². The number of carbonyl (C=O) groups excluding carboxylic acids is 2. The van der Waals surface area contributed by atoms with Crippen LogP contribution in [0, 0.1) is 0 Å². The lowest BCUT2D eigenvalue weighted by Crippen LogP contribution is -2.32. The Morgan fingerprint density at radius 3 is 2.31 bits per heavy atom. The molecular formula is C30H32BrClF3N5O2. The van der Waals surface area contributed by atoms with Crippen molar-refractivity contribution in [3.05, 3.63) is 98.0 Å². The zero-order valence-electron chi connectivity index (χ0n) is 23.4. The number of hydrogen-bond acceptors (Lipinski definition) is 5. The molecule has 0 saturated heterocycles. The number of amides is 2. The third kappa shape index (κ3) is 9.65. The summed E-state index contributed by atoms with van der Waals surface area (Å²) in [6.07, 6.45) is -3.56. The minimum absolute atomic E-state index is 0.0910. The van der Waals surface area contributed by atoms with Gasteiger partial charge in [0.05, 0.1) is 28.1 Å². The highest BCUT2D eigenvalue weighted by atomic mass is 79.9. The van der Waals surface area contributed by atoms with Crippen molar-refractivity contribution < 1.29 is 22.8 Å². The Kier molecular flexibility index (Phi) is 12.1. The van der Waals surface area contributed by atoms with Gasteiger partial charge in [0.15, 0.2) is 0 Å². The number of carbonyl (C=O) groups is 2. The second-order valence-electron chi connectivity index (χ2n) is 9.54. The molecule has 0 radical (unpaired) electrons. The fourth-order valence-electron chi connectivity index (χ4n) is 4.08. The second-order valence-corrected chi connectivity index (χ2v) is 10.9. The first-order valence-corrected chi connectivity index (χ1v) is 14.4. The molecular weight excluding hydrogens is 635 g/mol. The summed E-state index contributed by atoms with van der Waals surface area (Å²) in [7, 11) is 2.06. The normalized spacial score (nSPS) is 11.9. The van der Waals surface area contributed by atoms with Gasteiger partial charge in [-0.25, -0.2) is 5.43 Å². The molecule has 0 atom stereocenters. The third-order valence-corrected chi connectivity index (χ3v) is 7.33. The molecule has 0 spiro atoms. The van der Waals surface area contributed by atoms with Crippen LogP contribution >= 0.6 is 27.5 Å². The van der Waals surface area contributed by atoms with Crippen molar-refractivity contribution in [1.29, 1.82) is 0 Å². The zero-order chi connectivity index (χ0) is 30.9. The molecule has 0 fully saturated rings. The Morgan fingerprint density at radius 1 is 0.976 bits per heavy atom. The lowest BCUT2D eigenvalue weighted by Gasteiger charge is -2.23. The smallest absolute Gasteiger partial charge is 0.321 e. The molecule has 0 heterocycles. The van der Waals surface area contributed by atoms with E-state index in [1.165, 1.54) is 12.1 Å². The van der Waals surface area contributed by atoms with Crippen molar-refractivity contribution in [2.45, 2.75) is 26.6 Å². The lowest BCUT2D eigenvalue weighted by molar-refractivity contribution is -0.137. The Morgan fingerprint density at radius 2 is 1.67 bits per heavy atom. The number of rotatable bonds is 12. The molecule has 3 aromatic carbocycles. The van der Waals surface area contributed by atoms with Crippen LogP contribution in [-0.4, -0.2) is 61.1 Å². The van der Waals surface area contributed by atoms with Gasteiger partial charge >= 0.3 is 6.18 Å². The average molecular weight is 667 g/mol. The van der Waals surface area contributed by atoms with Gasteiger partial charge in [-0.1, -0.05) is 59.6 Å². The van der Waals surface area contributed by atoms with Gasteiger partial charge in [-0.2, -0.15) is 18.3 Å². The highest BCUT2D eigenvalue weighted by Crippen LogP contribution is 2.34. The number of anilines is 1. The first kappa shape index (κ1) is 33.3. The van der Waals surface area contributed by atoms with Crippen LogP contribution in [0.15, 0.2) is 70.2 Å². The van der Waals surface area contributed by atoms with E-state index in [0.717, 1.165) is 56.6 Å². The quantitative estimate of drug-likeness (QED) is 0.163. The van der Waals surface area contributed by atoms with E-state index >= 15 is 0 Å². The van der Waals surface area contributed by atoms with Gasteiger partial charge in [-0.3, -0.25) is 9.59 Å². The lowest BCUT2D eigenvalue weighted by atomic mass is 10.1. The van der Waals surface area contributed by atoms with Gasteiger partial charge in [-0.15, -0.1) is 0 Å². The minimum Gasteiger partial charge on any atom is -0.321 e. The highest BCUT2D eigenvalue weighted by Gasteiger charge is 2.33. The molecule has 3 aromatic rings. The van der Waals surface area contributed by atoms with Crippen LogP contribution in [0.2, 0.25) is 5.02 Å². The van der Waals surface area contributed by atoms with Crippen LogP contribution in [-0.2, 0) is 12.7 Å². The Balaban J connectivity index is 1.65. The maximum atomic E-state index is 13.1. The first-order valence-electron chi connectivity index (χ1n) is 13.2. The van der Waals surface area contributed by atoms with E-state index in [1.54, 1.807) is 24.3 Å². The predicted octanol–water partition coefficient (Wildman–Crippen LogP) is 6.91. The molecule has 0 aliphatic heterocycles. The van der Waals surface area contributed by atoms with E-state index in [-0.39, 0.29) is 16.8 Å². The number of halogens is 5. The highest BCUT2D eigenvalue weighted by molar-refractivity contribution is 9.10. The number of hydrogen-bond donors (Lipinski definition) is 2. The molecule has 0 bridgehead atoms. The van der Waals surface area contributed by atoms with Crippen LogP contribution in [0.5, 0.6) is 0 Å². The van der Waals surface area contributed by atoms with Gasteiger partial charge in [-0.05, 0) is 73.7 Å². The van der Waals surface area contributed by atoms with Crippen molar-refractivity contribution in [2.24, 2.45) is 5.10 Å². The second kappa shape index (κ2) is 15.3. The zero-order valence-corrected chi connectivity index (χ0v) is 25.8. The molecule has 224 valence electrons. The van der Waals surface area contributed by atoms with Crippen molar-refractivity contribution in [3.63, 3.8) is 0 Å². The summed E-state index contributed by atoms with van der Waals surface area (Å²) in [4.78, 5) is 30.5. The van der Waals surface area contributed by atoms with Crippen LogP contribution < -0.4 is 10.7 Å². The molecule has 2 amide bonds. The van der Waals surface area contributed by atoms with E-state index in [4.69, 9.17) is 11.6 Å². The molecule has 3 rings (SSSR count). The number of nitrogens with zero attached hydrogens (tertiary/aromatic N) is 3. The summed E-state index contributed by atoms with van der Waals surface area (Å²) in [5.41, 5.74) is 3.20. The van der Waals surface area contributed by atoms with Gasteiger partial charge in [0.25, 0.3) is 11.8 Å². The van der Waals surface area contributed by atoms with E-state index in [1.807, 2.05) is 12.1 Å². The topological polar surface area (TPSA) is 77.0 Å². The van der Waals surface area contributed by atoms with Crippen LogP contribution in [0.25, 0.3) is 0 Å². The fourth-order valence-corrected chi connectivity index (χ4v) is 4.66. The van der Waals surface area contributed by atoms with Crippen molar-refractivity contribution in [2.75, 3.05) is 38.5 Å². The number of likely N-dealkylation sites (N-methyl/N-ethyl adjacent to an activating group) is 2. The summed E-state index contributed by atoms with van der Waals surface area (Å²) in [5, 5.41) is 6.09. The maximum absolute atomic E-state index is 13.1. The van der Waals surface area contributed by atoms with Gasteiger partial charge in [0.1, 0.15) is 0 Å². The maximum Gasteiger partial charge on any atom is 0.417 e. The summed E-state index contributed by atoms with van der Waals surface area (Å²) in [6.45, 7) is 8.97. The molecule has 0 aliphatic carbocycles. The van der Waals surface area contributed by atoms with Gasteiger partial charge in [0, 0.05) is 29.7 Å². The average Bonchev–Trinajstić information content (AvgIpc) is 2.95. The summed E-state index contributed by atoms with van der Waals surface area (Å²) >= 11 is 8.96. The monoisotopic (exact) mass is 665 g/mol. The Bertz CT molecular complexity index is 1410. The van der Waals surface area contributed by atoms with Crippen molar-refractivity contribution in [3.8, 4) is 0 Å².